The molecule has 3 aromatic rings. The number of nitrogens with zero attached hydrogens (tertiary/aromatic N) is 2. The van der Waals surface area contributed by atoms with Gasteiger partial charge in [-0.15, -0.1) is 0 Å². The topological polar surface area (TPSA) is 48.6 Å². The van der Waals surface area contributed by atoms with E-state index in [9.17, 15) is 4.79 Å². The minimum absolute atomic E-state index is 0.0800. The third-order valence-corrected chi connectivity index (χ3v) is 6.88. The third-order valence-electron chi connectivity index (χ3n) is 6.19. The van der Waals surface area contributed by atoms with Gasteiger partial charge in [0.1, 0.15) is 6.04 Å². The van der Waals surface area contributed by atoms with Gasteiger partial charge in [0.25, 0.3) is 5.91 Å². The fraction of sp³-hybridized carbons (Fsp3) is 0.333. The Morgan fingerprint density at radius 2 is 1.97 bits per heavy atom. The van der Waals surface area contributed by atoms with Crippen LogP contribution >= 0.6 is 23.8 Å². The monoisotopic (exact) mass is 453 g/mol. The fourth-order valence-electron chi connectivity index (χ4n) is 4.80. The lowest BCUT2D eigenvalue weighted by Crippen LogP contribution is -2.44. The number of rotatable bonds is 6. The van der Waals surface area contributed by atoms with Gasteiger partial charge in [-0.2, -0.15) is 0 Å². The first kappa shape index (κ1) is 20.5. The van der Waals surface area contributed by atoms with Crippen molar-refractivity contribution >= 4 is 45.7 Å². The smallest absolute Gasteiger partial charge is 0.251 e. The van der Waals surface area contributed by atoms with Gasteiger partial charge in [0.15, 0.2) is 5.11 Å². The summed E-state index contributed by atoms with van der Waals surface area (Å²) in [4.78, 5) is 20.9. The van der Waals surface area contributed by atoms with Gasteiger partial charge in [0, 0.05) is 47.8 Å². The average Bonchev–Trinajstić information content (AvgIpc) is 3.26. The lowest BCUT2D eigenvalue weighted by atomic mass is 9.89. The summed E-state index contributed by atoms with van der Waals surface area (Å²) in [5.74, 6) is 0.0800. The maximum atomic E-state index is 13.4. The van der Waals surface area contributed by atoms with E-state index in [1.807, 2.05) is 43.3 Å². The number of carbonyl (C=O) groups is 1. The molecule has 1 amide bonds. The van der Waals surface area contributed by atoms with Crippen LogP contribution < -0.4 is 0 Å². The van der Waals surface area contributed by atoms with E-state index < -0.39 is 0 Å². The first-order valence-corrected chi connectivity index (χ1v) is 11.4. The third kappa shape index (κ3) is 3.43. The molecule has 2 aliphatic heterocycles. The minimum atomic E-state index is -0.299. The molecule has 0 bridgehead atoms. The lowest BCUT2D eigenvalue weighted by molar-refractivity contribution is -0.128. The van der Waals surface area contributed by atoms with Gasteiger partial charge in [-0.25, -0.2) is 0 Å². The number of thiocarbonyl (C=S) groups is 1. The number of H-pyrrole nitrogens is 1. The van der Waals surface area contributed by atoms with Gasteiger partial charge in [-0.1, -0.05) is 41.9 Å². The van der Waals surface area contributed by atoms with Crippen LogP contribution in [0.4, 0.5) is 0 Å². The summed E-state index contributed by atoms with van der Waals surface area (Å²) in [5.41, 5.74) is 4.45. The molecule has 2 atom stereocenters. The van der Waals surface area contributed by atoms with E-state index in [0.29, 0.717) is 36.3 Å². The van der Waals surface area contributed by atoms with Crippen LogP contribution in [0.1, 0.15) is 36.2 Å². The molecule has 5 rings (SSSR count). The first-order valence-electron chi connectivity index (χ1n) is 10.7. The van der Waals surface area contributed by atoms with Crippen molar-refractivity contribution in [2.75, 3.05) is 19.8 Å². The number of halogens is 1. The predicted octanol–water partition coefficient (Wildman–Crippen LogP) is 4.69. The number of aromatic amines is 1. The number of ether oxygens (including phenoxy) is 1. The van der Waals surface area contributed by atoms with Gasteiger partial charge in [0.05, 0.1) is 6.04 Å². The van der Waals surface area contributed by atoms with E-state index in [0.717, 1.165) is 23.2 Å². The van der Waals surface area contributed by atoms with Crippen LogP contribution in [0.2, 0.25) is 5.02 Å². The van der Waals surface area contributed by atoms with Crippen molar-refractivity contribution in [2.45, 2.75) is 31.8 Å². The maximum absolute atomic E-state index is 13.4. The van der Waals surface area contributed by atoms with Crippen LogP contribution in [0, 0.1) is 0 Å². The Morgan fingerprint density at radius 1 is 1.19 bits per heavy atom. The second-order valence-corrected chi connectivity index (χ2v) is 8.77. The molecule has 1 saturated heterocycles. The Morgan fingerprint density at radius 3 is 2.74 bits per heavy atom. The highest BCUT2D eigenvalue weighted by molar-refractivity contribution is 7.80. The summed E-state index contributed by atoms with van der Waals surface area (Å²) >= 11 is 12.0. The van der Waals surface area contributed by atoms with E-state index in [1.165, 1.54) is 10.9 Å². The molecule has 1 aromatic heterocycles. The van der Waals surface area contributed by atoms with Gasteiger partial charge < -0.3 is 14.6 Å². The second-order valence-electron chi connectivity index (χ2n) is 7.97. The molecule has 0 saturated carbocycles. The molecule has 0 unspecified atom stereocenters. The van der Waals surface area contributed by atoms with Crippen molar-refractivity contribution in [2.24, 2.45) is 0 Å². The van der Waals surface area contributed by atoms with E-state index in [2.05, 4.69) is 22.0 Å². The Labute approximate surface area is 191 Å². The van der Waals surface area contributed by atoms with Crippen molar-refractivity contribution < 1.29 is 9.53 Å². The van der Waals surface area contributed by atoms with Crippen molar-refractivity contribution in [3.8, 4) is 0 Å². The highest BCUT2D eigenvalue weighted by Crippen LogP contribution is 2.44. The molecule has 0 spiro atoms. The van der Waals surface area contributed by atoms with E-state index in [4.69, 9.17) is 28.6 Å². The lowest BCUT2D eigenvalue weighted by Gasteiger charge is -2.37. The molecule has 5 nitrogen and oxygen atoms in total. The molecule has 0 radical (unpaired) electrons. The quantitative estimate of drug-likeness (QED) is 0.434. The summed E-state index contributed by atoms with van der Waals surface area (Å²) < 4.78 is 5.46. The molecule has 0 aliphatic carbocycles. The minimum Gasteiger partial charge on any atom is -0.382 e. The Balaban J connectivity index is 1.58. The molecule has 1 fully saturated rings. The van der Waals surface area contributed by atoms with Crippen molar-refractivity contribution in [3.63, 3.8) is 0 Å². The molecular formula is C24H24ClN3O2S. The Bertz CT molecular complexity index is 1140. The molecule has 1 N–H and O–H groups in total. The number of benzene rings is 2. The normalized spacial score (nSPS) is 20.5. The van der Waals surface area contributed by atoms with Crippen LogP contribution in [0.15, 0.2) is 48.5 Å². The molecule has 2 aliphatic rings. The molecule has 160 valence electrons. The first-order chi connectivity index (χ1) is 15.1. The Hall–Kier alpha value is -2.41. The molecule has 2 aromatic carbocycles. The number of nitrogens with one attached hydrogen (secondary N) is 1. The number of fused-ring (bicyclic) bond motifs is 4. The number of hydrogen-bond donors (Lipinski definition) is 1. The van der Waals surface area contributed by atoms with Gasteiger partial charge in [0.2, 0.25) is 0 Å². The molecule has 3 heterocycles. The predicted molar refractivity (Wildman–Crippen MR) is 126 cm³/mol. The van der Waals surface area contributed by atoms with Gasteiger partial charge in [-0.05, 0) is 54.9 Å². The molecule has 31 heavy (non-hydrogen) atoms. The average molecular weight is 454 g/mol. The second kappa shape index (κ2) is 8.26. The molecule has 7 heteroatoms. The van der Waals surface area contributed by atoms with Crippen LogP contribution in [0.5, 0.6) is 0 Å². The highest BCUT2D eigenvalue weighted by Gasteiger charge is 2.50. The van der Waals surface area contributed by atoms with Crippen LogP contribution in [0.3, 0.4) is 0 Å². The molecular weight excluding hydrogens is 430 g/mol. The zero-order valence-electron chi connectivity index (χ0n) is 17.3. The Kier molecular flexibility index (Phi) is 5.46. The number of aromatic nitrogens is 1. The number of hydrogen-bond acceptors (Lipinski definition) is 3. The maximum Gasteiger partial charge on any atom is 0.251 e. The zero-order chi connectivity index (χ0) is 21.5. The van der Waals surface area contributed by atoms with E-state index in [-0.39, 0.29) is 18.0 Å². The van der Waals surface area contributed by atoms with E-state index >= 15 is 0 Å². The van der Waals surface area contributed by atoms with E-state index in [1.54, 1.807) is 4.90 Å². The van der Waals surface area contributed by atoms with Crippen LogP contribution in [-0.2, 0) is 16.0 Å². The number of para-hydroxylation sites is 1. The summed E-state index contributed by atoms with van der Waals surface area (Å²) in [7, 11) is 0. The fourth-order valence-corrected chi connectivity index (χ4v) is 5.34. The summed E-state index contributed by atoms with van der Waals surface area (Å²) in [6.07, 6.45) is 1.41. The number of amides is 1. The van der Waals surface area contributed by atoms with Crippen LogP contribution in [-0.4, -0.2) is 51.6 Å². The summed E-state index contributed by atoms with van der Waals surface area (Å²) in [6.45, 7) is 3.85. The number of carbonyl (C=O) groups excluding carboxylic acids is 1. The van der Waals surface area contributed by atoms with Gasteiger partial charge >= 0.3 is 0 Å². The zero-order valence-corrected chi connectivity index (χ0v) is 18.9. The van der Waals surface area contributed by atoms with Crippen molar-refractivity contribution in [1.82, 2.24) is 14.8 Å². The standard InChI is InChI=1S/C24H24ClN3O2S/c1-2-30-13-5-12-27-23(29)20-14-18-17-6-3-4-7-19(17)26-21(18)22(28(20)24(27)31)15-8-10-16(25)11-9-15/h3-4,6-11,20,22,26H,2,5,12-14H2,1H3/t20-,22+/m0/s1. The van der Waals surface area contributed by atoms with Crippen molar-refractivity contribution in [1.29, 1.82) is 0 Å². The largest absolute Gasteiger partial charge is 0.382 e. The SMILES string of the molecule is CCOCCCN1C(=O)[C@@H]2Cc3c([nH]c4ccccc34)[C@@H](c3ccc(Cl)cc3)N2C1=S. The van der Waals surface area contributed by atoms with Gasteiger partial charge in [-0.3, -0.25) is 9.69 Å². The van der Waals surface area contributed by atoms with Crippen molar-refractivity contribution in [3.05, 3.63) is 70.4 Å². The summed E-state index contributed by atoms with van der Waals surface area (Å²) in [5, 5.41) is 2.45. The summed E-state index contributed by atoms with van der Waals surface area (Å²) in [6, 6.07) is 15.6. The van der Waals surface area contributed by atoms with Crippen LogP contribution in [0.25, 0.3) is 10.9 Å². The highest BCUT2D eigenvalue weighted by atomic mass is 35.5.